The number of thioether (sulfide) groups is 1. The first-order valence-electron chi connectivity index (χ1n) is 6.71. The lowest BCUT2D eigenvalue weighted by Gasteiger charge is -2.43. The maximum atomic E-state index is 6.09. The Kier molecular flexibility index (Phi) is 3.91. The van der Waals surface area contributed by atoms with Crippen molar-refractivity contribution in [1.82, 2.24) is 10.5 Å². The molecule has 100 valence electrons. The molecule has 3 heterocycles. The van der Waals surface area contributed by atoms with Crippen LogP contribution in [0.25, 0.3) is 0 Å². The van der Waals surface area contributed by atoms with E-state index in [9.17, 15) is 0 Å². The van der Waals surface area contributed by atoms with Crippen molar-refractivity contribution in [3.63, 3.8) is 0 Å². The summed E-state index contributed by atoms with van der Waals surface area (Å²) in [5.41, 5.74) is 1.14. The molecule has 0 aromatic carbocycles. The van der Waals surface area contributed by atoms with Gasteiger partial charge in [-0.3, -0.25) is 0 Å². The minimum Gasteiger partial charge on any atom is -0.375 e. The predicted molar refractivity (Wildman–Crippen MR) is 71.6 cm³/mol. The zero-order chi connectivity index (χ0) is 12.3. The van der Waals surface area contributed by atoms with Gasteiger partial charge in [0.15, 0.2) is 0 Å². The Labute approximate surface area is 112 Å². The Balaban J connectivity index is 1.53. The van der Waals surface area contributed by atoms with Crippen molar-refractivity contribution >= 4 is 11.8 Å². The molecule has 2 fully saturated rings. The van der Waals surface area contributed by atoms with Crippen LogP contribution in [0.4, 0.5) is 0 Å². The molecular weight excluding hydrogens is 248 g/mol. The van der Waals surface area contributed by atoms with Crippen molar-refractivity contribution in [3.05, 3.63) is 18.0 Å². The molecule has 0 aliphatic carbocycles. The Morgan fingerprint density at radius 3 is 3.11 bits per heavy atom. The first-order chi connectivity index (χ1) is 8.86. The van der Waals surface area contributed by atoms with Crippen LogP contribution in [0.5, 0.6) is 0 Å². The molecular formula is C13H20N2O2S. The molecule has 2 aliphatic heterocycles. The number of hydrogen-bond donors (Lipinski definition) is 1. The number of rotatable bonds is 3. The van der Waals surface area contributed by atoms with E-state index in [2.05, 4.69) is 22.2 Å². The van der Waals surface area contributed by atoms with Crippen LogP contribution in [0.2, 0.25) is 0 Å². The molecule has 4 nitrogen and oxygen atoms in total. The Morgan fingerprint density at radius 1 is 1.44 bits per heavy atom. The molecule has 1 atom stereocenters. The number of aromatic nitrogens is 1. The molecule has 18 heavy (non-hydrogen) atoms. The van der Waals surface area contributed by atoms with Crippen LogP contribution in [0, 0.1) is 0 Å². The average molecular weight is 268 g/mol. The van der Waals surface area contributed by atoms with Gasteiger partial charge in [0.2, 0.25) is 0 Å². The molecule has 1 aromatic rings. The molecule has 3 rings (SSSR count). The Morgan fingerprint density at radius 2 is 2.33 bits per heavy atom. The van der Waals surface area contributed by atoms with E-state index in [-0.39, 0.29) is 5.60 Å². The van der Waals surface area contributed by atoms with Crippen molar-refractivity contribution in [2.24, 2.45) is 0 Å². The third-order valence-corrected chi connectivity index (χ3v) is 4.95. The predicted octanol–water partition coefficient (Wildman–Crippen LogP) is 2.21. The topological polar surface area (TPSA) is 47.3 Å². The maximum Gasteiger partial charge on any atom is 0.124 e. The number of ether oxygens (including phenoxy) is 1. The smallest absolute Gasteiger partial charge is 0.124 e. The fourth-order valence-electron chi connectivity index (χ4n) is 2.87. The highest BCUT2D eigenvalue weighted by molar-refractivity contribution is 7.99. The van der Waals surface area contributed by atoms with Crippen LogP contribution >= 0.6 is 11.8 Å². The highest BCUT2D eigenvalue weighted by atomic mass is 32.2. The summed E-state index contributed by atoms with van der Waals surface area (Å²) in [6, 6.07) is 2.47. The molecule has 1 unspecified atom stereocenters. The summed E-state index contributed by atoms with van der Waals surface area (Å²) in [5.74, 6) is 2.49. The molecule has 1 aromatic heterocycles. The molecule has 0 radical (unpaired) electrons. The second-order valence-corrected chi connectivity index (χ2v) is 6.43. The van der Waals surface area contributed by atoms with Crippen molar-refractivity contribution in [3.8, 4) is 0 Å². The standard InChI is InChI=1S/C13H20N2O2S/c1-5-16-13(3-7-18-8-4-13)9-11(1)14-10-12-2-6-17-15-12/h2,6,11,14H,1,3-5,7-10H2. The number of hydrogen-bond acceptors (Lipinski definition) is 5. The summed E-state index contributed by atoms with van der Waals surface area (Å²) in [6.07, 6.45) is 6.29. The molecule has 5 heteroatoms. The second kappa shape index (κ2) is 5.63. The minimum absolute atomic E-state index is 0.158. The van der Waals surface area contributed by atoms with Crippen molar-refractivity contribution in [2.75, 3.05) is 18.1 Å². The van der Waals surface area contributed by atoms with Crippen LogP contribution in [0.1, 0.15) is 31.4 Å². The molecule has 1 N–H and O–H groups in total. The summed E-state index contributed by atoms with van der Waals surface area (Å²) < 4.78 is 10.9. The normalized spacial score (nSPS) is 27.4. The van der Waals surface area contributed by atoms with E-state index in [1.165, 1.54) is 24.3 Å². The van der Waals surface area contributed by atoms with Gasteiger partial charge in [0.25, 0.3) is 0 Å². The van der Waals surface area contributed by atoms with E-state index in [4.69, 9.17) is 9.26 Å². The zero-order valence-corrected chi connectivity index (χ0v) is 11.4. The van der Waals surface area contributed by atoms with Gasteiger partial charge in [0.1, 0.15) is 6.26 Å². The third kappa shape index (κ3) is 2.90. The van der Waals surface area contributed by atoms with E-state index >= 15 is 0 Å². The highest BCUT2D eigenvalue weighted by Gasteiger charge is 2.38. The Bertz CT molecular complexity index is 358. The molecule has 0 amide bonds. The van der Waals surface area contributed by atoms with Crippen LogP contribution < -0.4 is 5.32 Å². The van der Waals surface area contributed by atoms with Crippen molar-refractivity contribution < 1.29 is 9.26 Å². The lowest BCUT2D eigenvalue weighted by atomic mass is 9.85. The SMILES string of the molecule is c1cc(CNC2CCOC3(CCSCC3)C2)no1. The van der Waals surface area contributed by atoms with Crippen molar-refractivity contribution in [1.29, 1.82) is 0 Å². The first kappa shape index (κ1) is 12.5. The number of nitrogens with one attached hydrogen (secondary N) is 1. The lowest BCUT2D eigenvalue weighted by molar-refractivity contribution is -0.0933. The fourth-order valence-corrected chi connectivity index (χ4v) is 4.11. The van der Waals surface area contributed by atoms with Gasteiger partial charge in [-0.2, -0.15) is 11.8 Å². The van der Waals surface area contributed by atoms with Crippen LogP contribution in [0.3, 0.4) is 0 Å². The quantitative estimate of drug-likeness (QED) is 0.910. The van der Waals surface area contributed by atoms with Crippen LogP contribution in [-0.2, 0) is 11.3 Å². The van der Waals surface area contributed by atoms with Gasteiger partial charge in [0.05, 0.1) is 11.3 Å². The van der Waals surface area contributed by atoms with E-state index < -0.39 is 0 Å². The summed E-state index contributed by atoms with van der Waals surface area (Å²) in [7, 11) is 0. The summed E-state index contributed by atoms with van der Waals surface area (Å²) in [6.45, 7) is 1.69. The lowest BCUT2D eigenvalue weighted by Crippen LogP contribution is -2.48. The molecule has 2 saturated heterocycles. The van der Waals surface area contributed by atoms with Crippen LogP contribution in [-0.4, -0.2) is 34.9 Å². The summed E-state index contributed by atoms with van der Waals surface area (Å²) >= 11 is 2.05. The molecule has 0 saturated carbocycles. The average Bonchev–Trinajstić information content (AvgIpc) is 2.91. The van der Waals surface area contributed by atoms with Gasteiger partial charge >= 0.3 is 0 Å². The van der Waals surface area contributed by atoms with Crippen molar-refractivity contribution in [2.45, 2.75) is 43.9 Å². The molecule has 1 spiro atoms. The van der Waals surface area contributed by atoms with E-state index in [0.717, 1.165) is 31.7 Å². The molecule has 2 aliphatic rings. The largest absolute Gasteiger partial charge is 0.375 e. The van der Waals surface area contributed by atoms with Gasteiger partial charge in [-0.25, -0.2) is 0 Å². The minimum atomic E-state index is 0.158. The maximum absolute atomic E-state index is 6.09. The van der Waals surface area contributed by atoms with Gasteiger partial charge in [-0.15, -0.1) is 0 Å². The second-order valence-electron chi connectivity index (χ2n) is 5.21. The highest BCUT2D eigenvalue weighted by Crippen LogP contribution is 2.37. The summed E-state index contributed by atoms with van der Waals surface area (Å²) in [5, 5.41) is 7.52. The molecule has 0 bridgehead atoms. The van der Waals surface area contributed by atoms with Gasteiger partial charge < -0.3 is 14.6 Å². The van der Waals surface area contributed by atoms with Gasteiger partial charge in [0, 0.05) is 25.3 Å². The fraction of sp³-hybridized carbons (Fsp3) is 0.769. The van der Waals surface area contributed by atoms with Gasteiger partial charge in [-0.05, 0) is 37.2 Å². The first-order valence-corrected chi connectivity index (χ1v) is 7.86. The number of nitrogens with zero attached hydrogens (tertiary/aromatic N) is 1. The third-order valence-electron chi connectivity index (χ3n) is 3.96. The summed E-state index contributed by atoms with van der Waals surface area (Å²) in [4.78, 5) is 0. The van der Waals surface area contributed by atoms with Gasteiger partial charge in [-0.1, -0.05) is 5.16 Å². The van der Waals surface area contributed by atoms with E-state index in [1.807, 2.05) is 6.07 Å². The van der Waals surface area contributed by atoms with Crippen LogP contribution in [0.15, 0.2) is 16.9 Å². The Hall–Kier alpha value is -0.520. The van der Waals surface area contributed by atoms with E-state index in [0.29, 0.717) is 6.04 Å². The monoisotopic (exact) mass is 268 g/mol. The van der Waals surface area contributed by atoms with E-state index in [1.54, 1.807) is 6.26 Å². The zero-order valence-electron chi connectivity index (χ0n) is 10.6.